The zero-order chi connectivity index (χ0) is 31.1. The minimum absolute atomic E-state index is 0.0382. The van der Waals surface area contributed by atoms with E-state index in [4.69, 9.17) is 14.2 Å². The number of imidazole rings is 1. The van der Waals surface area contributed by atoms with E-state index in [1.807, 2.05) is 28.9 Å². The topological polar surface area (TPSA) is 72.3 Å². The quantitative estimate of drug-likeness (QED) is 0.260. The van der Waals surface area contributed by atoms with Crippen LogP contribution in [0, 0.1) is 11.3 Å². The van der Waals surface area contributed by atoms with Crippen LogP contribution in [0.25, 0.3) is 0 Å². The normalized spacial score (nSPS) is 31.4. The van der Waals surface area contributed by atoms with Gasteiger partial charge in [-0.05, 0) is 75.1 Å². The van der Waals surface area contributed by atoms with Crippen molar-refractivity contribution in [3.05, 3.63) is 41.5 Å². The molecule has 2 aromatic rings. The lowest BCUT2D eigenvalue weighted by molar-refractivity contribution is -0.129. The third-order valence-electron chi connectivity index (χ3n) is 12.4. The number of hydrogen-bond donors (Lipinski definition) is 0. The van der Waals surface area contributed by atoms with Gasteiger partial charge in [-0.1, -0.05) is 25.7 Å². The van der Waals surface area contributed by atoms with Crippen molar-refractivity contribution in [2.45, 2.75) is 108 Å². The summed E-state index contributed by atoms with van der Waals surface area (Å²) in [7, 11) is 2.53. The zero-order valence-corrected chi connectivity index (χ0v) is 28.9. The molecule has 2 spiro atoms. The molecular weight excluding hydrogens is 583 g/mol. The molecule has 10 heteroatoms. The first-order valence-electron chi connectivity index (χ1n) is 17.4. The lowest BCUT2D eigenvalue weighted by Crippen LogP contribution is -2.73. The number of rotatable bonds is 10. The number of piperidine rings is 1. The Kier molecular flexibility index (Phi) is 7.11. The van der Waals surface area contributed by atoms with E-state index in [-0.39, 0.29) is 29.0 Å². The molecule has 4 bridgehead atoms. The second-order valence-corrected chi connectivity index (χ2v) is 21.7. The molecule has 9 nitrogen and oxygen atoms in total. The Morgan fingerprint density at radius 1 is 1.16 bits per heavy atom. The van der Waals surface area contributed by atoms with E-state index in [1.165, 1.54) is 30.5 Å². The van der Waals surface area contributed by atoms with Crippen LogP contribution >= 0.6 is 0 Å². The number of ether oxygens (including phenoxy) is 3. The van der Waals surface area contributed by atoms with Gasteiger partial charge in [-0.3, -0.25) is 4.90 Å². The van der Waals surface area contributed by atoms with Gasteiger partial charge >= 0.3 is 6.03 Å². The molecule has 3 saturated heterocycles. The summed E-state index contributed by atoms with van der Waals surface area (Å²) in [5.74, 6) is 3.53. The Balaban J connectivity index is 1.07. The van der Waals surface area contributed by atoms with Crippen LogP contribution in [0.1, 0.15) is 55.5 Å². The molecule has 1 aromatic heterocycles. The standard InChI is InChI=1S/C35H51N5O4Si/c1-37(22-29-36-14-17-39(29)23-43-18-19-45(3,4)5)33(41)40-16-12-34-11-10-26(40)32-35(34)13-15-38(21-24-6-7-24)28(34)20-25-8-9-27(42-2)31(44-32)30(25)35/h8-9,14,17,24,26,28,32H,6-7,10-13,15-16,18-23H2,1-5H3/t26-,28-,32+,34-,35+/m1/s1. The fourth-order valence-corrected chi connectivity index (χ4v) is 10.8. The Hall–Kier alpha value is -2.56. The van der Waals surface area contributed by atoms with Crippen LogP contribution in [0.5, 0.6) is 11.5 Å². The Bertz CT molecular complexity index is 1470. The van der Waals surface area contributed by atoms with Crippen molar-refractivity contribution in [1.82, 2.24) is 24.3 Å². The van der Waals surface area contributed by atoms with Gasteiger partial charge < -0.3 is 28.6 Å². The third-order valence-corrected chi connectivity index (χ3v) is 14.1. The number of fused-ring (bicyclic) bond motifs is 3. The predicted molar refractivity (Wildman–Crippen MR) is 175 cm³/mol. The average Bonchev–Trinajstić information content (AvgIpc) is 3.69. The van der Waals surface area contributed by atoms with E-state index in [0.29, 0.717) is 19.3 Å². The number of carbonyl (C=O) groups is 1. The molecule has 5 fully saturated rings. The molecule has 0 N–H and O–H groups in total. The van der Waals surface area contributed by atoms with Crippen molar-refractivity contribution in [1.29, 1.82) is 0 Å². The lowest BCUT2D eigenvalue weighted by Gasteiger charge is -2.66. The molecule has 45 heavy (non-hydrogen) atoms. The first kappa shape index (κ1) is 29.8. The Morgan fingerprint density at radius 2 is 2.00 bits per heavy atom. The van der Waals surface area contributed by atoms with Gasteiger partial charge in [0.15, 0.2) is 11.5 Å². The molecule has 0 unspecified atom stereocenters. The maximum Gasteiger partial charge on any atom is 0.320 e. The summed E-state index contributed by atoms with van der Waals surface area (Å²) in [5, 5.41) is 0. The number of carbonyl (C=O) groups excluding carboxylic acids is 1. The maximum absolute atomic E-state index is 14.4. The summed E-state index contributed by atoms with van der Waals surface area (Å²) >= 11 is 0. The fraction of sp³-hybridized carbons (Fsp3) is 0.714. The SMILES string of the molecule is COc1ccc2c3c1O[C@H]1[C@H]4CC[C@@]5(CCN4C(=O)N(C)Cc4nccn4COCC[Si](C)(C)C)[C@@H](C2)N(CC2CC2)CC[C@]315. The number of urea groups is 1. The molecule has 9 rings (SSSR count). The summed E-state index contributed by atoms with van der Waals surface area (Å²) < 4.78 is 21.1. The highest BCUT2D eigenvalue weighted by Gasteiger charge is 2.74. The lowest BCUT2D eigenvalue weighted by atomic mass is 9.42. The number of nitrogens with zero attached hydrogens (tertiary/aromatic N) is 5. The average molecular weight is 634 g/mol. The first-order chi connectivity index (χ1) is 21.6. The van der Waals surface area contributed by atoms with Crippen LogP contribution in [0.4, 0.5) is 4.79 Å². The molecule has 244 valence electrons. The predicted octanol–water partition coefficient (Wildman–Crippen LogP) is 5.35. The molecule has 7 aliphatic rings. The van der Waals surface area contributed by atoms with E-state index in [9.17, 15) is 4.79 Å². The molecule has 4 aliphatic heterocycles. The molecule has 3 aliphatic carbocycles. The highest BCUT2D eigenvalue weighted by atomic mass is 28.3. The Morgan fingerprint density at radius 3 is 2.78 bits per heavy atom. The highest BCUT2D eigenvalue weighted by molar-refractivity contribution is 6.76. The monoisotopic (exact) mass is 633 g/mol. The van der Waals surface area contributed by atoms with Crippen LogP contribution in [0.2, 0.25) is 25.7 Å². The third kappa shape index (κ3) is 4.59. The summed E-state index contributed by atoms with van der Waals surface area (Å²) in [4.78, 5) is 26.0. The van der Waals surface area contributed by atoms with Crippen LogP contribution in [-0.2, 0) is 29.8 Å². The first-order valence-corrected chi connectivity index (χ1v) is 21.1. The van der Waals surface area contributed by atoms with Crippen molar-refractivity contribution >= 4 is 14.1 Å². The van der Waals surface area contributed by atoms with Gasteiger partial charge in [0.25, 0.3) is 0 Å². The smallest absolute Gasteiger partial charge is 0.320 e. The molecule has 5 heterocycles. The van der Waals surface area contributed by atoms with Crippen molar-refractivity contribution < 1.29 is 19.0 Å². The van der Waals surface area contributed by atoms with Crippen molar-refractivity contribution in [2.75, 3.05) is 40.4 Å². The Labute approximate surface area is 269 Å². The van der Waals surface area contributed by atoms with E-state index in [1.54, 1.807) is 7.11 Å². The van der Waals surface area contributed by atoms with Crippen molar-refractivity contribution in [3.63, 3.8) is 0 Å². The minimum atomic E-state index is -1.15. The van der Waals surface area contributed by atoms with Crippen LogP contribution < -0.4 is 9.47 Å². The summed E-state index contributed by atoms with van der Waals surface area (Å²) in [5.41, 5.74) is 2.93. The van der Waals surface area contributed by atoms with Gasteiger partial charge in [-0.15, -0.1) is 0 Å². The maximum atomic E-state index is 14.4. The van der Waals surface area contributed by atoms with Gasteiger partial charge in [0.2, 0.25) is 0 Å². The molecule has 2 saturated carbocycles. The van der Waals surface area contributed by atoms with Gasteiger partial charge in [-0.2, -0.15) is 0 Å². The number of aromatic nitrogens is 2. The second-order valence-electron chi connectivity index (χ2n) is 16.1. The largest absolute Gasteiger partial charge is 0.493 e. The van der Waals surface area contributed by atoms with E-state index >= 15 is 0 Å². The van der Waals surface area contributed by atoms with Crippen LogP contribution in [0.15, 0.2) is 24.5 Å². The van der Waals surface area contributed by atoms with Crippen LogP contribution in [-0.4, -0.2) is 96.9 Å². The molecule has 2 amide bonds. The van der Waals surface area contributed by atoms with Gasteiger partial charge in [-0.25, -0.2) is 9.78 Å². The van der Waals surface area contributed by atoms with E-state index in [2.05, 4.69) is 46.6 Å². The van der Waals surface area contributed by atoms with Crippen LogP contribution in [0.3, 0.4) is 0 Å². The van der Waals surface area contributed by atoms with Gasteiger partial charge in [0.1, 0.15) is 18.7 Å². The number of amides is 2. The summed E-state index contributed by atoms with van der Waals surface area (Å²) in [6.07, 6.45) is 11.9. The minimum Gasteiger partial charge on any atom is -0.493 e. The molecule has 5 atom stereocenters. The number of benzene rings is 1. The molecular formula is C35H51N5O4Si. The number of likely N-dealkylation sites (tertiary alicyclic amines) is 1. The summed E-state index contributed by atoms with van der Waals surface area (Å²) in [6.45, 7) is 11.9. The van der Waals surface area contributed by atoms with Gasteiger partial charge in [0.05, 0.1) is 19.7 Å². The van der Waals surface area contributed by atoms with Crippen molar-refractivity contribution in [3.8, 4) is 11.5 Å². The van der Waals surface area contributed by atoms with Gasteiger partial charge in [0, 0.05) is 69.6 Å². The van der Waals surface area contributed by atoms with Crippen molar-refractivity contribution in [2.24, 2.45) is 11.3 Å². The number of methoxy groups -OCH3 is 1. The summed E-state index contributed by atoms with van der Waals surface area (Å²) in [6, 6.07) is 6.19. The zero-order valence-electron chi connectivity index (χ0n) is 27.9. The second kappa shape index (κ2) is 10.7. The fourth-order valence-electron chi connectivity index (χ4n) is 10.0. The highest BCUT2D eigenvalue weighted by Crippen LogP contribution is 2.71. The molecule has 1 aromatic carbocycles. The molecule has 0 radical (unpaired) electrons. The van der Waals surface area contributed by atoms with E-state index in [0.717, 1.165) is 81.1 Å². The number of hydrogen-bond acceptors (Lipinski definition) is 6. The van der Waals surface area contributed by atoms with E-state index < -0.39 is 8.07 Å².